The number of anilines is 1. The second-order valence-electron chi connectivity index (χ2n) is 6.35. The van der Waals surface area contributed by atoms with Gasteiger partial charge in [-0.3, -0.25) is 4.79 Å². The third-order valence-corrected chi connectivity index (χ3v) is 5.00. The second-order valence-corrected chi connectivity index (χ2v) is 7.38. The normalized spacial score (nSPS) is 10.8. The zero-order valence-electron chi connectivity index (χ0n) is 15.9. The first-order valence-electron chi connectivity index (χ1n) is 9.08. The van der Waals surface area contributed by atoms with E-state index >= 15 is 0 Å². The lowest BCUT2D eigenvalue weighted by atomic mass is 10.1. The zero-order valence-corrected chi connectivity index (χ0v) is 16.7. The maximum atomic E-state index is 12.2. The van der Waals surface area contributed by atoms with E-state index in [0.717, 1.165) is 32.8 Å². The van der Waals surface area contributed by atoms with E-state index in [2.05, 4.69) is 16.4 Å². The third-order valence-electron chi connectivity index (χ3n) is 4.07. The van der Waals surface area contributed by atoms with E-state index in [9.17, 15) is 4.79 Å². The lowest BCUT2D eigenvalue weighted by Crippen LogP contribution is -2.12. The number of benzene rings is 2. The van der Waals surface area contributed by atoms with E-state index < -0.39 is 0 Å². The molecular formula is C21H24N2O3S. The monoisotopic (exact) mass is 384 g/mol. The topological polar surface area (TPSA) is 60.5 Å². The molecule has 0 aliphatic rings. The van der Waals surface area contributed by atoms with Crippen LogP contribution in [0, 0.1) is 13.8 Å². The number of nitrogens with one attached hydrogen (secondary N) is 1. The van der Waals surface area contributed by atoms with Crippen molar-refractivity contribution in [2.45, 2.75) is 33.6 Å². The summed E-state index contributed by atoms with van der Waals surface area (Å²) in [6.07, 6.45) is 1.05. The van der Waals surface area contributed by atoms with Gasteiger partial charge in [0.1, 0.15) is 11.5 Å². The number of aromatic nitrogens is 1. The SMILES string of the molecule is CCOc1ccc2nc(NC(=O)CCCOc3cc(C)ccc3C)sc2c1. The van der Waals surface area contributed by atoms with Crippen LogP contribution in [0.3, 0.4) is 0 Å². The predicted octanol–water partition coefficient (Wildman–Crippen LogP) is 5.11. The van der Waals surface area contributed by atoms with Crippen molar-refractivity contribution in [1.29, 1.82) is 0 Å². The molecule has 0 aliphatic heterocycles. The number of hydrogen-bond acceptors (Lipinski definition) is 5. The number of ether oxygens (including phenoxy) is 2. The average Bonchev–Trinajstić information content (AvgIpc) is 3.03. The minimum Gasteiger partial charge on any atom is -0.494 e. The molecule has 5 nitrogen and oxygen atoms in total. The largest absolute Gasteiger partial charge is 0.494 e. The van der Waals surface area contributed by atoms with E-state index in [1.165, 1.54) is 11.3 Å². The molecule has 0 fully saturated rings. The Morgan fingerprint density at radius 1 is 1.15 bits per heavy atom. The Kier molecular flexibility index (Phi) is 6.29. The van der Waals surface area contributed by atoms with E-state index in [1.807, 2.05) is 51.1 Å². The lowest BCUT2D eigenvalue weighted by molar-refractivity contribution is -0.116. The molecule has 3 aromatic rings. The van der Waals surface area contributed by atoms with Gasteiger partial charge in [-0.15, -0.1) is 0 Å². The van der Waals surface area contributed by atoms with Crippen LogP contribution in [0.25, 0.3) is 10.2 Å². The third kappa shape index (κ3) is 5.20. The smallest absolute Gasteiger partial charge is 0.226 e. The van der Waals surface area contributed by atoms with E-state index in [-0.39, 0.29) is 5.91 Å². The highest BCUT2D eigenvalue weighted by Crippen LogP contribution is 2.29. The van der Waals surface area contributed by atoms with Crippen LogP contribution in [0.5, 0.6) is 11.5 Å². The highest BCUT2D eigenvalue weighted by atomic mass is 32.1. The molecule has 0 bridgehead atoms. The molecule has 142 valence electrons. The molecule has 0 radical (unpaired) electrons. The van der Waals surface area contributed by atoms with Gasteiger partial charge in [-0.2, -0.15) is 0 Å². The lowest BCUT2D eigenvalue weighted by Gasteiger charge is -2.09. The van der Waals surface area contributed by atoms with Crippen molar-refractivity contribution in [2.24, 2.45) is 0 Å². The van der Waals surface area contributed by atoms with Crippen LogP contribution in [0.2, 0.25) is 0 Å². The van der Waals surface area contributed by atoms with E-state index in [4.69, 9.17) is 9.47 Å². The van der Waals surface area contributed by atoms with Crippen molar-refractivity contribution < 1.29 is 14.3 Å². The first kappa shape index (κ1) is 19.2. The van der Waals surface area contributed by atoms with Crippen molar-refractivity contribution in [3.8, 4) is 11.5 Å². The Bertz CT molecular complexity index is 936. The summed E-state index contributed by atoms with van der Waals surface area (Å²) in [6, 6.07) is 11.9. The zero-order chi connectivity index (χ0) is 19.2. The molecule has 2 aromatic carbocycles. The second kappa shape index (κ2) is 8.86. The summed E-state index contributed by atoms with van der Waals surface area (Å²) in [5.41, 5.74) is 3.12. The Morgan fingerprint density at radius 3 is 2.81 bits per heavy atom. The van der Waals surface area contributed by atoms with Gasteiger partial charge in [0.2, 0.25) is 5.91 Å². The number of carbonyl (C=O) groups excluding carboxylic acids is 1. The molecule has 1 amide bonds. The number of carbonyl (C=O) groups is 1. The van der Waals surface area contributed by atoms with Crippen molar-refractivity contribution >= 4 is 32.6 Å². The Morgan fingerprint density at radius 2 is 2.00 bits per heavy atom. The fourth-order valence-corrected chi connectivity index (χ4v) is 3.58. The number of nitrogens with zero attached hydrogens (tertiary/aromatic N) is 1. The van der Waals surface area contributed by atoms with E-state index in [1.54, 1.807) is 0 Å². The Hall–Kier alpha value is -2.60. The van der Waals surface area contributed by atoms with Crippen LogP contribution in [0.1, 0.15) is 30.9 Å². The fraction of sp³-hybridized carbons (Fsp3) is 0.333. The van der Waals surface area contributed by atoms with Crippen LogP contribution in [0.15, 0.2) is 36.4 Å². The van der Waals surface area contributed by atoms with Gasteiger partial charge in [0, 0.05) is 6.42 Å². The average molecular weight is 385 g/mol. The molecule has 0 atom stereocenters. The van der Waals surface area contributed by atoms with Gasteiger partial charge in [0.25, 0.3) is 0 Å². The Balaban J connectivity index is 1.49. The maximum absolute atomic E-state index is 12.2. The van der Waals surface area contributed by atoms with Gasteiger partial charge in [0.15, 0.2) is 5.13 Å². The predicted molar refractivity (Wildman–Crippen MR) is 110 cm³/mol. The van der Waals surface area contributed by atoms with Gasteiger partial charge in [-0.25, -0.2) is 4.98 Å². The van der Waals surface area contributed by atoms with Crippen LogP contribution < -0.4 is 14.8 Å². The highest BCUT2D eigenvalue weighted by molar-refractivity contribution is 7.22. The van der Waals surface area contributed by atoms with Crippen LogP contribution >= 0.6 is 11.3 Å². The molecule has 0 spiro atoms. The number of thiazole rings is 1. The standard InChI is InChI=1S/C21H24N2O3S/c1-4-25-16-9-10-17-19(13-16)27-21(22-17)23-20(24)6-5-11-26-18-12-14(2)7-8-15(18)3/h7-10,12-13H,4-6,11H2,1-3H3,(H,22,23,24). The first-order chi connectivity index (χ1) is 13.0. The minimum atomic E-state index is -0.0522. The summed E-state index contributed by atoms with van der Waals surface area (Å²) in [6.45, 7) is 7.14. The molecule has 0 unspecified atom stereocenters. The van der Waals surface area contributed by atoms with Gasteiger partial charge in [0.05, 0.1) is 23.4 Å². The van der Waals surface area contributed by atoms with Crippen molar-refractivity contribution in [3.05, 3.63) is 47.5 Å². The minimum absolute atomic E-state index is 0.0522. The molecule has 1 heterocycles. The van der Waals surface area contributed by atoms with Gasteiger partial charge in [-0.1, -0.05) is 23.5 Å². The summed E-state index contributed by atoms with van der Waals surface area (Å²) in [5.74, 6) is 1.64. The molecule has 3 rings (SSSR count). The maximum Gasteiger partial charge on any atom is 0.226 e. The first-order valence-corrected chi connectivity index (χ1v) is 9.90. The summed E-state index contributed by atoms with van der Waals surface area (Å²) < 4.78 is 12.3. The van der Waals surface area contributed by atoms with E-state index in [0.29, 0.717) is 31.2 Å². The number of aryl methyl sites for hydroxylation is 2. The molecule has 1 N–H and O–H groups in total. The summed E-state index contributed by atoms with van der Waals surface area (Å²) in [5, 5.41) is 3.48. The van der Waals surface area contributed by atoms with Gasteiger partial charge >= 0.3 is 0 Å². The molecule has 0 saturated heterocycles. The summed E-state index contributed by atoms with van der Waals surface area (Å²) in [7, 11) is 0. The Labute approximate surface area is 163 Å². The number of rotatable bonds is 8. The quantitative estimate of drug-likeness (QED) is 0.548. The highest BCUT2D eigenvalue weighted by Gasteiger charge is 2.09. The molecule has 1 aromatic heterocycles. The summed E-state index contributed by atoms with van der Waals surface area (Å²) >= 11 is 1.45. The number of fused-ring (bicyclic) bond motifs is 1. The number of hydrogen-bond donors (Lipinski definition) is 1. The van der Waals surface area contributed by atoms with Gasteiger partial charge in [-0.05, 0) is 62.6 Å². The summed E-state index contributed by atoms with van der Waals surface area (Å²) in [4.78, 5) is 16.6. The van der Waals surface area contributed by atoms with Crippen molar-refractivity contribution in [3.63, 3.8) is 0 Å². The molecule has 27 heavy (non-hydrogen) atoms. The fourth-order valence-electron chi connectivity index (χ4n) is 2.67. The number of amides is 1. The van der Waals surface area contributed by atoms with Crippen molar-refractivity contribution in [1.82, 2.24) is 4.98 Å². The van der Waals surface area contributed by atoms with Crippen LogP contribution in [0.4, 0.5) is 5.13 Å². The molecule has 6 heteroatoms. The van der Waals surface area contributed by atoms with Crippen LogP contribution in [-0.4, -0.2) is 24.1 Å². The van der Waals surface area contributed by atoms with Crippen LogP contribution in [-0.2, 0) is 4.79 Å². The van der Waals surface area contributed by atoms with Gasteiger partial charge < -0.3 is 14.8 Å². The molecule has 0 saturated carbocycles. The molecule has 0 aliphatic carbocycles. The molecular weight excluding hydrogens is 360 g/mol. The van der Waals surface area contributed by atoms with Crippen molar-refractivity contribution in [2.75, 3.05) is 18.5 Å².